The van der Waals surface area contributed by atoms with Crippen molar-refractivity contribution in [2.75, 3.05) is 26.0 Å². The Morgan fingerprint density at radius 1 is 1.00 bits per heavy atom. The Kier molecular flexibility index (Phi) is 4.41. The highest BCUT2D eigenvalue weighted by Crippen LogP contribution is 2.16. The standard InChI is InChI=1S/C15H18ClN/c1-17(11-9-16)10-8-13-6-7-14-4-2-3-5-15(14)12-13/h2-7,12H,8-11H2,1H3. The number of hydrogen-bond acceptors (Lipinski definition) is 1. The van der Waals surface area contributed by atoms with Crippen molar-refractivity contribution in [2.24, 2.45) is 0 Å². The number of nitrogens with zero attached hydrogens (tertiary/aromatic N) is 1. The van der Waals surface area contributed by atoms with Gasteiger partial charge in [-0.15, -0.1) is 11.6 Å². The molecule has 1 nitrogen and oxygen atoms in total. The maximum absolute atomic E-state index is 5.71. The minimum atomic E-state index is 0.703. The van der Waals surface area contributed by atoms with Crippen LogP contribution in [0.1, 0.15) is 5.56 Å². The van der Waals surface area contributed by atoms with Crippen LogP contribution < -0.4 is 0 Å². The smallest absolute Gasteiger partial charge is 0.0351 e. The fourth-order valence-corrected chi connectivity index (χ4v) is 2.26. The highest BCUT2D eigenvalue weighted by Gasteiger charge is 1.99. The van der Waals surface area contributed by atoms with Crippen LogP contribution in [0, 0.1) is 0 Å². The molecule has 0 radical (unpaired) electrons. The molecule has 0 heterocycles. The fourth-order valence-electron chi connectivity index (χ4n) is 1.97. The Bertz CT molecular complexity index is 481. The molecule has 0 atom stereocenters. The number of benzene rings is 2. The van der Waals surface area contributed by atoms with Crippen LogP contribution in [-0.2, 0) is 6.42 Å². The summed E-state index contributed by atoms with van der Waals surface area (Å²) >= 11 is 5.71. The molecule has 0 aliphatic carbocycles. The molecular weight excluding hydrogens is 230 g/mol. The summed E-state index contributed by atoms with van der Waals surface area (Å²) in [6, 6.07) is 15.2. The molecule has 90 valence electrons. The Morgan fingerprint density at radius 2 is 1.76 bits per heavy atom. The van der Waals surface area contributed by atoms with Crippen LogP contribution in [-0.4, -0.2) is 30.9 Å². The summed E-state index contributed by atoms with van der Waals surface area (Å²) in [5.74, 6) is 0.703. The lowest BCUT2D eigenvalue weighted by atomic mass is 10.1. The van der Waals surface area contributed by atoms with Crippen LogP contribution in [0.4, 0.5) is 0 Å². The van der Waals surface area contributed by atoms with Crippen molar-refractivity contribution in [3.63, 3.8) is 0 Å². The molecule has 2 aromatic carbocycles. The first-order chi connectivity index (χ1) is 8.29. The summed E-state index contributed by atoms with van der Waals surface area (Å²) < 4.78 is 0. The number of likely N-dealkylation sites (N-methyl/N-ethyl adjacent to an activating group) is 1. The summed E-state index contributed by atoms with van der Waals surface area (Å²) in [7, 11) is 2.11. The first-order valence-electron chi connectivity index (χ1n) is 6.02. The average molecular weight is 248 g/mol. The van der Waals surface area contributed by atoms with E-state index in [0.29, 0.717) is 5.88 Å². The molecule has 0 amide bonds. The number of alkyl halides is 1. The minimum Gasteiger partial charge on any atom is -0.305 e. The van der Waals surface area contributed by atoms with Crippen LogP contribution in [0.15, 0.2) is 42.5 Å². The zero-order valence-corrected chi connectivity index (χ0v) is 11.0. The Morgan fingerprint density at radius 3 is 2.53 bits per heavy atom. The molecule has 0 N–H and O–H groups in total. The van der Waals surface area contributed by atoms with Crippen molar-refractivity contribution < 1.29 is 0 Å². The fraction of sp³-hybridized carbons (Fsp3) is 0.333. The molecule has 0 fully saturated rings. The predicted molar refractivity (Wildman–Crippen MR) is 75.9 cm³/mol. The second-order valence-electron chi connectivity index (χ2n) is 4.42. The molecule has 17 heavy (non-hydrogen) atoms. The monoisotopic (exact) mass is 247 g/mol. The predicted octanol–water partition coefficient (Wildman–Crippen LogP) is 3.55. The van der Waals surface area contributed by atoms with E-state index in [2.05, 4.69) is 54.4 Å². The molecule has 0 bridgehead atoms. The van der Waals surface area contributed by atoms with Crippen molar-refractivity contribution in [1.82, 2.24) is 4.90 Å². The minimum absolute atomic E-state index is 0.703. The van der Waals surface area contributed by atoms with Gasteiger partial charge >= 0.3 is 0 Å². The SMILES string of the molecule is CN(CCCl)CCc1ccc2ccccc2c1. The van der Waals surface area contributed by atoms with E-state index in [9.17, 15) is 0 Å². The van der Waals surface area contributed by atoms with Crippen molar-refractivity contribution in [3.05, 3.63) is 48.0 Å². The molecule has 0 saturated carbocycles. The summed E-state index contributed by atoms with van der Waals surface area (Å²) in [5, 5.41) is 2.63. The lowest BCUT2D eigenvalue weighted by Crippen LogP contribution is -2.23. The van der Waals surface area contributed by atoms with E-state index in [1.165, 1.54) is 16.3 Å². The van der Waals surface area contributed by atoms with Gasteiger partial charge in [-0.2, -0.15) is 0 Å². The summed E-state index contributed by atoms with van der Waals surface area (Å²) in [6.07, 6.45) is 1.08. The van der Waals surface area contributed by atoms with Gasteiger partial charge in [0.1, 0.15) is 0 Å². The number of fused-ring (bicyclic) bond motifs is 1. The third kappa shape index (κ3) is 3.45. The molecule has 0 unspecified atom stereocenters. The zero-order valence-electron chi connectivity index (χ0n) is 10.2. The maximum atomic E-state index is 5.71. The highest BCUT2D eigenvalue weighted by molar-refractivity contribution is 6.18. The normalized spacial score (nSPS) is 11.2. The van der Waals surface area contributed by atoms with Gasteiger partial charge in [0.15, 0.2) is 0 Å². The first kappa shape index (κ1) is 12.4. The molecule has 2 aromatic rings. The number of hydrogen-bond donors (Lipinski definition) is 0. The van der Waals surface area contributed by atoms with E-state index < -0.39 is 0 Å². The third-order valence-electron chi connectivity index (χ3n) is 3.06. The van der Waals surface area contributed by atoms with Gasteiger partial charge in [0, 0.05) is 19.0 Å². The molecule has 0 aromatic heterocycles. The lowest BCUT2D eigenvalue weighted by Gasteiger charge is -2.14. The topological polar surface area (TPSA) is 3.24 Å². The Labute approximate surface area is 108 Å². The molecule has 0 saturated heterocycles. The van der Waals surface area contributed by atoms with E-state index in [1.807, 2.05) is 0 Å². The van der Waals surface area contributed by atoms with E-state index in [4.69, 9.17) is 11.6 Å². The van der Waals surface area contributed by atoms with Crippen LogP contribution in [0.25, 0.3) is 10.8 Å². The first-order valence-corrected chi connectivity index (χ1v) is 6.55. The maximum Gasteiger partial charge on any atom is 0.0351 e. The van der Waals surface area contributed by atoms with Crippen molar-refractivity contribution in [1.29, 1.82) is 0 Å². The number of rotatable bonds is 5. The summed E-state index contributed by atoms with van der Waals surface area (Å²) in [4.78, 5) is 2.27. The lowest BCUT2D eigenvalue weighted by molar-refractivity contribution is 0.359. The quantitative estimate of drug-likeness (QED) is 0.731. The van der Waals surface area contributed by atoms with Gasteiger partial charge in [-0.05, 0) is 29.8 Å². The van der Waals surface area contributed by atoms with Gasteiger partial charge in [0.25, 0.3) is 0 Å². The molecule has 2 heteroatoms. The average Bonchev–Trinajstić information content (AvgIpc) is 2.36. The second kappa shape index (κ2) is 6.04. The Hall–Kier alpha value is -1.05. The number of halogens is 1. The molecule has 0 aliphatic heterocycles. The highest BCUT2D eigenvalue weighted by atomic mass is 35.5. The van der Waals surface area contributed by atoms with Gasteiger partial charge in [-0.3, -0.25) is 0 Å². The van der Waals surface area contributed by atoms with E-state index in [1.54, 1.807) is 0 Å². The van der Waals surface area contributed by atoms with Crippen LogP contribution in [0.3, 0.4) is 0 Å². The Balaban J connectivity index is 2.04. The van der Waals surface area contributed by atoms with Crippen molar-refractivity contribution >= 4 is 22.4 Å². The van der Waals surface area contributed by atoms with Gasteiger partial charge in [-0.1, -0.05) is 42.5 Å². The largest absolute Gasteiger partial charge is 0.305 e. The van der Waals surface area contributed by atoms with Crippen molar-refractivity contribution in [3.8, 4) is 0 Å². The molecular formula is C15H18ClN. The van der Waals surface area contributed by atoms with Gasteiger partial charge in [0.2, 0.25) is 0 Å². The van der Waals surface area contributed by atoms with E-state index in [0.717, 1.165) is 19.5 Å². The molecule has 0 spiro atoms. The molecule has 0 aliphatic rings. The zero-order chi connectivity index (χ0) is 12.1. The van der Waals surface area contributed by atoms with Crippen molar-refractivity contribution in [2.45, 2.75) is 6.42 Å². The van der Waals surface area contributed by atoms with Crippen LogP contribution in [0.5, 0.6) is 0 Å². The van der Waals surface area contributed by atoms with Crippen LogP contribution in [0.2, 0.25) is 0 Å². The van der Waals surface area contributed by atoms with Crippen LogP contribution >= 0.6 is 11.6 Å². The summed E-state index contributed by atoms with van der Waals surface area (Å²) in [6.45, 7) is 2.01. The van der Waals surface area contributed by atoms with E-state index >= 15 is 0 Å². The van der Waals surface area contributed by atoms with E-state index in [-0.39, 0.29) is 0 Å². The van der Waals surface area contributed by atoms with Gasteiger partial charge in [0.05, 0.1) is 0 Å². The van der Waals surface area contributed by atoms with Gasteiger partial charge < -0.3 is 4.90 Å². The second-order valence-corrected chi connectivity index (χ2v) is 4.80. The van der Waals surface area contributed by atoms with Gasteiger partial charge in [-0.25, -0.2) is 0 Å². The molecule has 2 rings (SSSR count). The summed E-state index contributed by atoms with van der Waals surface area (Å²) in [5.41, 5.74) is 1.39. The third-order valence-corrected chi connectivity index (χ3v) is 3.23.